The molecule has 0 unspecified atom stereocenters. The van der Waals surface area contributed by atoms with Gasteiger partial charge in [-0.25, -0.2) is 4.68 Å². The first-order valence-corrected chi connectivity index (χ1v) is 12.2. The first-order valence-electron chi connectivity index (χ1n) is 12.2. The largest absolute Gasteiger partial charge is 0.468 e. The number of hydrogen-bond donors (Lipinski definition) is 1. The quantitative estimate of drug-likeness (QED) is 0.417. The number of fused-ring (bicyclic) bond motifs is 1. The number of methoxy groups -OCH3 is 1. The van der Waals surface area contributed by atoms with Gasteiger partial charge in [-0.3, -0.25) is 14.5 Å². The molecule has 0 saturated carbocycles. The van der Waals surface area contributed by atoms with Crippen molar-refractivity contribution >= 4 is 22.6 Å². The predicted octanol–water partition coefficient (Wildman–Crippen LogP) is 4.19. The van der Waals surface area contributed by atoms with Crippen LogP contribution in [0, 0.1) is 13.8 Å². The summed E-state index contributed by atoms with van der Waals surface area (Å²) >= 11 is 0. The Balaban J connectivity index is 1.34. The molecule has 7 heteroatoms. The van der Waals surface area contributed by atoms with Crippen LogP contribution in [0.5, 0.6) is 0 Å². The Labute approximate surface area is 210 Å². The zero-order chi connectivity index (χ0) is 25.2. The second-order valence-electron chi connectivity index (χ2n) is 9.40. The molecule has 0 spiro atoms. The molecule has 2 atom stereocenters. The maximum atomic E-state index is 13.2. The summed E-state index contributed by atoms with van der Waals surface area (Å²) < 4.78 is 6.94. The standard InChI is InChI=1S/C29H30N4O3/c1-19-14-20(2)33(31-19)25-12-7-10-22(15-25)28(34)30-24-16-27(29(35)36-3)32(18-24)17-23-11-6-9-21-8-4-5-13-26(21)23/h4-15,24,27H,16-18H2,1-3H3,(H,30,34)/t24-,27+/m1/s1. The van der Waals surface area contributed by atoms with Crippen molar-refractivity contribution in [3.8, 4) is 5.69 Å². The molecule has 4 aromatic rings. The van der Waals surface area contributed by atoms with E-state index in [9.17, 15) is 9.59 Å². The van der Waals surface area contributed by atoms with E-state index in [0.717, 1.165) is 33.4 Å². The molecule has 0 bridgehead atoms. The van der Waals surface area contributed by atoms with E-state index < -0.39 is 6.04 Å². The van der Waals surface area contributed by atoms with E-state index in [2.05, 4.69) is 39.6 Å². The third kappa shape index (κ3) is 4.75. The number of amides is 1. The number of aryl methyl sites for hydroxylation is 2. The summed E-state index contributed by atoms with van der Waals surface area (Å²) in [5, 5.41) is 9.99. The Kier molecular flexibility index (Phi) is 6.57. The molecule has 1 fully saturated rings. The fourth-order valence-corrected chi connectivity index (χ4v) is 5.15. The van der Waals surface area contributed by atoms with Crippen molar-refractivity contribution < 1.29 is 14.3 Å². The second kappa shape index (κ2) is 9.95. The predicted molar refractivity (Wildman–Crippen MR) is 139 cm³/mol. The molecule has 2 heterocycles. The molecule has 3 aromatic carbocycles. The third-order valence-electron chi connectivity index (χ3n) is 6.83. The number of carbonyl (C=O) groups excluding carboxylic acids is 2. The number of carbonyl (C=O) groups is 2. The number of likely N-dealkylation sites (tertiary alicyclic amines) is 1. The van der Waals surface area contributed by atoms with E-state index in [0.29, 0.717) is 25.1 Å². The number of ether oxygens (including phenoxy) is 1. The van der Waals surface area contributed by atoms with Crippen molar-refractivity contribution in [3.05, 3.63) is 95.3 Å². The monoisotopic (exact) mass is 482 g/mol. The van der Waals surface area contributed by atoms with Gasteiger partial charge >= 0.3 is 5.97 Å². The van der Waals surface area contributed by atoms with E-state index in [1.807, 2.05) is 61.0 Å². The number of rotatable bonds is 6. The fourth-order valence-electron chi connectivity index (χ4n) is 5.15. The maximum absolute atomic E-state index is 13.2. The van der Waals surface area contributed by atoms with Crippen molar-refractivity contribution in [2.75, 3.05) is 13.7 Å². The minimum atomic E-state index is -0.416. The molecule has 5 rings (SSSR count). The van der Waals surface area contributed by atoms with Crippen LogP contribution >= 0.6 is 0 Å². The summed E-state index contributed by atoms with van der Waals surface area (Å²) in [6, 6.07) is 23.3. The summed E-state index contributed by atoms with van der Waals surface area (Å²) in [5.74, 6) is -0.447. The lowest BCUT2D eigenvalue weighted by atomic mass is 10.0. The Hall–Kier alpha value is -3.97. The smallest absolute Gasteiger partial charge is 0.323 e. The van der Waals surface area contributed by atoms with Gasteiger partial charge in [0.25, 0.3) is 5.91 Å². The highest BCUT2D eigenvalue weighted by Gasteiger charge is 2.38. The SMILES string of the molecule is COC(=O)[C@@H]1C[C@@H](NC(=O)c2cccc(-n3nc(C)cc3C)c2)CN1Cc1cccc2ccccc12. The van der Waals surface area contributed by atoms with Crippen LogP contribution in [0.1, 0.15) is 33.7 Å². The molecule has 1 N–H and O–H groups in total. The Bertz CT molecular complexity index is 1420. The zero-order valence-corrected chi connectivity index (χ0v) is 20.8. The summed E-state index contributed by atoms with van der Waals surface area (Å²) in [5.41, 5.74) is 4.47. The van der Waals surface area contributed by atoms with Gasteiger partial charge in [0.1, 0.15) is 6.04 Å². The topological polar surface area (TPSA) is 76.5 Å². The van der Waals surface area contributed by atoms with Crippen molar-refractivity contribution in [3.63, 3.8) is 0 Å². The number of benzene rings is 3. The van der Waals surface area contributed by atoms with Crippen LogP contribution in [0.25, 0.3) is 16.5 Å². The summed E-state index contributed by atoms with van der Waals surface area (Å²) in [6.45, 7) is 5.09. The molecule has 36 heavy (non-hydrogen) atoms. The number of aromatic nitrogens is 2. The highest BCUT2D eigenvalue weighted by molar-refractivity contribution is 5.95. The molecule has 7 nitrogen and oxygen atoms in total. The van der Waals surface area contributed by atoms with Gasteiger partial charge < -0.3 is 10.1 Å². The molecule has 1 aromatic heterocycles. The first kappa shape index (κ1) is 23.8. The number of hydrogen-bond acceptors (Lipinski definition) is 5. The number of nitrogens with zero attached hydrogens (tertiary/aromatic N) is 3. The molecule has 1 aliphatic heterocycles. The van der Waals surface area contributed by atoms with Crippen LogP contribution in [0.15, 0.2) is 72.8 Å². The van der Waals surface area contributed by atoms with Crippen molar-refractivity contribution in [2.45, 2.75) is 38.9 Å². The van der Waals surface area contributed by atoms with Gasteiger partial charge in [-0.1, -0.05) is 48.5 Å². The lowest BCUT2D eigenvalue weighted by Gasteiger charge is -2.23. The Morgan fingerprint density at radius 2 is 1.81 bits per heavy atom. The van der Waals surface area contributed by atoms with Gasteiger partial charge in [0.05, 0.1) is 18.5 Å². The zero-order valence-electron chi connectivity index (χ0n) is 20.8. The summed E-state index contributed by atoms with van der Waals surface area (Å²) in [4.78, 5) is 27.9. The van der Waals surface area contributed by atoms with Gasteiger partial charge in [-0.2, -0.15) is 5.10 Å². The molecular formula is C29H30N4O3. The second-order valence-corrected chi connectivity index (χ2v) is 9.40. The minimum Gasteiger partial charge on any atom is -0.468 e. The average molecular weight is 483 g/mol. The van der Waals surface area contributed by atoms with E-state index in [1.54, 1.807) is 6.07 Å². The van der Waals surface area contributed by atoms with Crippen molar-refractivity contribution in [1.29, 1.82) is 0 Å². The van der Waals surface area contributed by atoms with Crippen molar-refractivity contribution in [1.82, 2.24) is 20.0 Å². The fraction of sp³-hybridized carbons (Fsp3) is 0.276. The molecule has 1 amide bonds. The molecule has 0 radical (unpaired) electrons. The normalized spacial score (nSPS) is 17.9. The van der Waals surface area contributed by atoms with Gasteiger partial charge in [0, 0.05) is 30.4 Å². The minimum absolute atomic E-state index is 0.168. The van der Waals surface area contributed by atoms with Gasteiger partial charge in [0.2, 0.25) is 0 Å². The Morgan fingerprint density at radius 3 is 2.58 bits per heavy atom. The summed E-state index contributed by atoms with van der Waals surface area (Å²) in [7, 11) is 1.41. The van der Waals surface area contributed by atoms with Crippen LogP contribution in [0.3, 0.4) is 0 Å². The highest BCUT2D eigenvalue weighted by atomic mass is 16.5. The first-order chi connectivity index (χ1) is 17.4. The van der Waals surface area contributed by atoms with Gasteiger partial charge in [-0.05, 0) is 60.9 Å². The summed E-state index contributed by atoms with van der Waals surface area (Å²) in [6.07, 6.45) is 0.500. The number of nitrogens with one attached hydrogen (secondary N) is 1. The van der Waals surface area contributed by atoms with Crippen LogP contribution in [-0.2, 0) is 16.1 Å². The molecule has 1 aliphatic rings. The lowest BCUT2D eigenvalue weighted by molar-refractivity contribution is -0.146. The molecule has 0 aliphatic carbocycles. The molecular weight excluding hydrogens is 452 g/mol. The van der Waals surface area contributed by atoms with Crippen LogP contribution in [-0.4, -0.2) is 52.3 Å². The highest BCUT2D eigenvalue weighted by Crippen LogP contribution is 2.26. The maximum Gasteiger partial charge on any atom is 0.323 e. The van der Waals surface area contributed by atoms with Gasteiger partial charge in [0.15, 0.2) is 0 Å². The van der Waals surface area contributed by atoms with Gasteiger partial charge in [-0.15, -0.1) is 0 Å². The van der Waals surface area contributed by atoms with E-state index in [1.165, 1.54) is 7.11 Å². The van der Waals surface area contributed by atoms with E-state index in [-0.39, 0.29) is 17.9 Å². The van der Waals surface area contributed by atoms with Crippen LogP contribution in [0.2, 0.25) is 0 Å². The number of esters is 1. The van der Waals surface area contributed by atoms with E-state index in [4.69, 9.17) is 4.74 Å². The average Bonchev–Trinajstić information content (AvgIpc) is 3.45. The molecule has 184 valence electrons. The van der Waals surface area contributed by atoms with Crippen molar-refractivity contribution in [2.24, 2.45) is 0 Å². The Morgan fingerprint density at radius 1 is 1.03 bits per heavy atom. The molecule has 1 saturated heterocycles. The van der Waals surface area contributed by atoms with Crippen LogP contribution in [0.4, 0.5) is 0 Å². The van der Waals surface area contributed by atoms with Crippen LogP contribution < -0.4 is 5.32 Å². The lowest BCUT2D eigenvalue weighted by Crippen LogP contribution is -2.37. The van der Waals surface area contributed by atoms with E-state index >= 15 is 0 Å². The third-order valence-corrected chi connectivity index (χ3v) is 6.83.